The number of aldehydes is 1. The van der Waals surface area contributed by atoms with Crippen molar-refractivity contribution in [2.45, 2.75) is 6.92 Å². The number of nitrogen functional groups attached to an aromatic ring is 1. The predicted octanol–water partition coefficient (Wildman–Crippen LogP) is 5.11. The number of nitrogens with zero attached hydrogens (tertiary/aromatic N) is 2. The Balaban J connectivity index is 1.67. The van der Waals surface area contributed by atoms with Crippen LogP contribution in [-0.4, -0.2) is 37.6 Å². The van der Waals surface area contributed by atoms with Crippen LogP contribution in [-0.2, 0) is 4.74 Å². The molecule has 0 aliphatic carbocycles. The topological polar surface area (TPSA) is 68.5 Å². The number of aromatic nitrogens is 1. The van der Waals surface area contributed by atoms with E-state index < -0.39 is 0 Å². The number of morpholine rings is 1. The molecule has 5 nitrogen and oxygen atoms in total. The van der Waals surface area contributed by atoms with E-state index in [2.05, 4.69) is 47.1 Å². The van der Waals surface area contributed by atoms with Crippen molar-refractivity contribution in [2.75, 3.05) is 36.9 Å². The van der Waals surface area contributed by atoms with Crippen LogP contribution in [0.1, 0.15) is 15.9 Å². The van der Waals surface area contributed by atoms with Crippen LogP contribution in [0.4, 0.5) is 11.5 Å². The van der Waals surface area contributed by atoms with Gasteiger partial charge in [-0.15, -0.1) is 0 Å². The molecule has 2 N–H and O–H groups in total. The molecule has 0 spiro atoms. The van der Waals surface area contributed by atoms with Gasteiger partial charge in [0.1, 0.15) is 5.82 Å². The molecule has 0 saturated carbocycles. The molecule has 1 fully saturated rings. The van der Waals surface area contributed by atoms with Gasteiger partial charge in [-0.25, -0.2) is 4.98 Å². The quantitative estimate of drug-likeness (QED) is 0.462. The highest BCUT2D eigenvalue weighted by Gasteiger charge is 2.17. The Hall–Kier alpha value is -3.70. The monoisotopic (exact) mass is 423 g/mol. The Morgan fingerprint density at radius 1 is 0.969 bits per heavy atom. The van der Waals surface area contributed by atoms with Gasteiger partial charge in [0.15, 0.2) is 6.29 Å². The number of carbonyl (C=O) groups excluding carboxylic acids is 1. The minimum absolute atomic E-state index is 0.545. The third-order valence-corrected chi connectivity index (χ3v) is 6.11. The average Bonchev–Trinajstić information content (AvgIpc) is 2.84. The van der Waals surface area contributed by atoms with Gasteiger partial charge < -0.3 is 15.4 Å². The number of fused-ring (bicyclic) bond motifs is 1. The molecule has 1 saturated heterocycles. The lowest BCUT2D eigenvalue weighted by molar-refractivity contribution is 0.112. The lowest BCUT2D eigenvalue weighted by Gasteiger charge is -2.29. The second kappa shape index (κ2) is 8.44. The molecule has 1 aliphatic heterocycles. The Kier molecular flexibility index (Phi) is 5.33. The van der Waals surface area contributed by atoms with Crippen molar-refractivity contribution in [1.82, 2.24) is 4.98 Å². The summed E-state index contributed by atoms with van der Waals surface area (Å²) in [6, 6.07) is 22.3. The number of carbonyl (C=O) groups is 1. The van der Waals surface area contributed by atoms with Crippen LogP contribution in [0, 0.1) is 6.92 Å². The summed E-state index contributed by atoms with van der Waals surface area (Å²) in [5, 5.41) is 1.04. The summed E-state index contributed by atoms with van der Waals surface area (Å²) in [7, 11) is 0. The van der Waals surface area contributed by atoms with Crippen LogP contribution in [0.5, 0.6) is 0 Å². The average molecular weight is 424 g/mol. The second-order valence-electron chi connectivity index (χ2n) is 8.10. The standard InChI is InChI=1S/C27H25N3O2/c1-18-5-4-8-23(22-7-3-2-6-20(22)17-31)26(18)19-9-10-24-21(15-19)16-25(27(28)29-24)30-11-13-32-14-12-30/h2-10,15-17H,11-14H2,1H3,(H2,28,29). The number of ether oxygens (including phenoxy) is 1. The molecule has 3 aromatic carbocycles. The summed E-state index contributed by atoms with van der Waals surface area (Å²) in [5.74, 6) is 0.545. The first-order valence-corrected chi connectivity index (χ1v) is 10.8. The maximum Gasteiger partial charge on any atom is 0.150 e. The SMILES string of the molecule is Cc1cccc(-c2ccccc2C=O)c1-c1ccc2nc(N)c(N3CCOCC3)cc2c1. The van der Waals surface area contributed by atoms with Gasteiger partial charge in [0.25, 0.3) is 0 Å². The number of anilines is 2. The van der Waals surface area contributed by atoms with E-state index in [0.29, 0.717) is 24.6 Å². The molecule has 160 valence electrons. The number of hydrogen-bond acceptors (Lipinski definition) is 5. The van der Waals surface area contributed by atoms with Crippen molar-refractivity contribution in [2.24, 2.45) is 0 Å². The lowest BCUT2D eigenvalue weighted by atomic mass is 9.89. The van der Waals surface area contributed by atoms with E-state index in [1.54, 1.807) is 0 Å². The normalized spacial score (nSPS) is 14.0. The van der Waals surface area contributed by atoms with Gasteiger partial charge in [0.05, 0.1) is 24.4 Å². The summed E-state index contributed by atoms with van der Waals surface area (Å²) in [6.45, 7) is 5.11. The Morgan fingerprint density at radius 3 is 2.56 bits per heavy atom. The third kappa shape index (κ3) is 3.61. The van der Waals surface area contributed by atoms with Crippen molar-refractivity contribution in [1.29, 1.82) is 0 Å². The number of pyridine rings is 1. The highest BCUT2D eigenvalue weighted by Crippen LogP contribution is 2.38. The maximum atomic E-state index is 11.7. The molecule has 0 unspecified atom stereocenters. The molecule has 1 aliphatic rings. The zero-order valence-corrected chi connectivity index (χ0v) is 18.0. The van der Waals surface area contributed by atoms with Crippen LogP contribution in [0.25, 0.3) is 33.2 Å². The van der Waals surface area contributed by atoms with Gasteiger partial charge in [0.2, 0.25) is 0 Å². The minimum atomic E-state index is 0.545. The third-order valence-electron chi connectivity index (χ3n) is 6.11. The van der Waals surface area contributed by atoms with Gasteiger partial charge >= 0.3 is 0 Å². The van der Waals surface area contributed by atoms with E-state index in [4.69, 9.17) is 10.5 Å². The summed E-state index contributed by atoms with van der Waals surface area (Å²) in [6.07, 6.45) is 0.920. The zero-order chi connectivity index (χ0) is 22.1. The molecule has 0 bridgehead atoms. The summed E-state index contributed by atoms with van der Waals surface area (Å²) in [4.78, 5) is 18.6. The Morgan fingerprint density at radius 2 is 1.75 bits per heavy atom. The van der Waals surface area contributed by atoms with E-state index in [0.717, 1.165) is 63.8 Å². The number of hydrogen-bond donors (Lipinski definition) is 1. The molecule has 0 atom stereocenters. The van der Waals surface area contributed by atoms with Crippen LogP contribution >= 0.6 is 0 Å². The first kappa shape index (κ1) is 20.2. The van der Waals surface area contributed by atoms with Gasteiger partial charge in [0, 0.05) is 24.0 Å². The fraction of sp³-hybridized carbons (Fsp3) is 0.185. The molecule has 5 rings (SSSR count). The maximum absolute atomic E-state index is 11.7. The summed E-state index contributed by atoms with van der Waals surface area (Å²) >= 11 is 0. The van der Waals surface area contributed by atoms with Crippen molar-refractivity contribution in [3.05, 3.63) is 77.9 Å². The van der Waals surface area contributed by atoms with Crippen LogP contribution < -0.4 is 10.6 Å². The molecule has 0 radical (unpaired) electrons. The smallest absolute Gasteiger partial charge is 0.150 e. The van der Waals surface area contributed by atoms with E-state index in [1.165, 1.54) is 0 Å². The largest absolute Gasteiger partial charge is 0.382 e. The van der Waals surface area contributed by atoms with E-state index in [1.807, 2.05) is 36.4 Å². The summed E-state index contributed by atoms with van der Waals surface area (Å²) < 4.78 is 5.49. The highest BCUT2D eigenvalue weighted by atomic mass is 16.5. The van der Waals surface area contributed by atoms with Gasteiger partial charge in [-0.3, -0.25) is 4.79 Å². The van der Waals surface area contributed by atoms with E-state index in [-0.39, 0.29) is 0 Å². The number of benzene rings is 3. The van der Waals surface area contributed by atoms with E-state index in [9.17, 15) is 4.79 Å². The molecule has 5 heteroatoms. The first-order valence-electron chi connectivity index (χ1n) is 10.8. The Bertz CT molecular complexity index is 1310. The van der Waals surface area contributed by atoms with Crippen LogP contribution in [0.3, 0.4) is 0 Å². The number of nitrogens with two attached hydrogens (primary N) is 1. The van der Waals surface area contributed by atoms with Crippen molar-refractivity contribution in [3.8, 4) is 22.3 Å². The molecular formula is C27H25N3O2. The highest BCUT2D eigenvalue weighted by molar-refractivity contribution is 5.97. The molecule has 32 heavy (non-hydrogen) atoms. The number of rotatable bonds is 4. The molecule has 2 heterocycles. The van der Waals surface area contributed by atoms with Crippen molar-refractivity contribution >= 4 is 28.7 Å². The van der Waals surface area contributed by atoms with Gasteiger partial charge in [-0.2, -0.15) is 0 Å². The van der Waals surface area contributed by atoms with Gasteiger partial charge in [-0.05, 0) is 52.9 Å². The van der Waals surface area contributed by atoms with Crippen molar-refractivity contribution in [3.63, 3.8) is 0 Å². The lowest BCUT2D eigenvalue weighted by Crippen LogP contribution is -2.36. The fourth-order valence-corrected chi connectivity index (χ4v) is 4.51. The second-order valence-corrected chi connectivity index (χ2v) is 8.10. The summed E-state index contributed by atoms with van der Waals surface area (Å²) in [5.41, 5.74) is 14.1. The zero-order valence-electron chi connectivity index (χ0n) is 18.0. The molecular weight excluding hydrogens is 398 g/mol. The van der Waals surface area contributed by atoms with Crippen molar-refractivity contribution < 1.29 is 9.53 Å². The first-order chi connectivity index (χ1) is 15.7. The van der Waals surface area contributed by atoms with Crippen LogP contribution in [0.2, 0.25) is 0 Å². The predicted molar refractivity (Wildman–Crippen MR) is 130 cm³/mol. The van der Waals surface area contributed by atoms with Crippen LogP contribution in [0.15, 0.2) is 66.7 Å². The number of aryl methyl sites for hydroxylation is 1. The fourth-order valence-electron chi connectivity index (χ4n) is 4.51. The molecule has 1 aromatic heterocycles. The van der Waals surface area contributed by atoms with E-state index >= 15 is 0 Å². The molecule has 4 aromatic rings. The minimum Gasteiger partial charge on any atom is -0.382 e. The Labute approximate surface area is 187 Å². The van der Waals surface area contributed by atoms with Gasteiger partial charge in [-0.1, -0.05) is 48.5 Å². The molecule has 0 amide bonds.